The number of rotatable bonds is 3. The monoisotopic (exact) mass is 234 g/mol. The molecule has 0 radical (unpaired) electrons. The Morgan fingerprint density at radius 1 is 1.25 bits per heavy atom. The van der Waals surface area contributed by atoms with Gasteiger partial charge in [0.2, 0.25) is 0 Å². The van der Waals surface area contributed by atoms with Gasteiger partial charge in [0.05, 0.1) is 5.56 Å². The second-order valence-electron chi connectivity index (χ2n) is 5.58. The molecule has 1 aromatic rings. The van der Waals surface area contributed by atoms with E-state index in [2.05, 4.69) is 19.6 Å². The maximum Gasteiger partial charge on any atom is 0.339 e. The van der Waals surface area contributed by atoms with Gasteiger partial charge in [0.25, 0.3) is 0 Å². The highest BCUT2D eigenvalue weighted by molar-refractivity contribution is 6.76. The van der Waals surface area contributed by atoms with E-state index in [9.17, 15) is 4.79 Å². The molecule has 0 aliphatic carbocycles. The highest BCUT2D eigenvalue weighted by Crippen LogP contribution is 2.35. The molecule has 0 saturated carbocycles. The van der Waals surface area contributed by atoms with Crippen LogP contribution in [0, 0.1) is 0 Å². The lowest BCUT2D eigenvalue weighted by Crippen LogP contribution is -2.20. The van der Waals surface area contributed by atoms with E-state index in [1.807, 2.05) is 24.3 Å². The van der Waals surface area contributed by atoms with Crippen LogP contribution in [-0.2, 0) is 4.74 Å². The molecule has 1 aliphatic heterocycles. The summed E-state index contributed by atoms with van der Waals surface area (Å²) in [7, 11) is -1.06. The van der Waals surface area contributed by atoms with Crippen molar-refractivity contribution in [1.82, 2.24) is 0 Å². The fraction of sp³-hybridized carbons (Fsp3) is 0.462. The molecule has 0 spiro atoms. The first-order valence-corrected chi connectivity index (χ1v) is 9.48. The van der Waals surface area contributed by atoms with Crippen LogP contribution in [0.2, 0.25) is 25.7 Å². The zero-order chi connectivity index (χ0) is 11.8. The summed E-state index contributed by atoms with van der Waals surface area (Å²) in [6.45, 7) is 7.03. The summed E-state index contributed by atoms with van der Waals surface area (Å²) in [6, 6.07) is 8.92. The predicted molar refractivity (Wildman–Crippen MR) is 67.4 cm³/mol. The van der Waals surface area contributed by atoms with Gasteiger partial charge < -0.3 is 4.74 Å². The van der Waals surface area contributed by atoms with E-state index in [1.54, 1.807) is 0 Å². The van der Waals surface area contributed by atoms with Crippen molar-refractivity contribution in [3.63, 3.8) is 0 Å². The van der Waals surface area contributed by atoms with Crippen LogP contribution in [0.1, 0.15) is 28.4 Å². The molecular formula is C13H18O2Si. The maximum absolute atomic E-state index is 11.6. The molecule has 0 aromatic heterocycles. The van der Waals surface area contributed by atoms with Crippen LogP contribution in [0.4, 0.5) is 0 Å². The van der Waals surface area contributed by atoms with Crippen LogP contribution in [0.5, 0.6) is 0 Å². The number of fused-ring (bicyclic) bond motifs is 1. The second-order valence-corrected chi connectivity index (χ2v) is 11.2. The molecule has 86 valence electrons. The minimum Gasteiger partial charge on any atom is -0.454 e. The van der Waals surface area contributed by atoms with Gasteiger partial charge in [0.15, 0.2) is 0 Å². The number of benzene rings is 1. The third kappa shape index (κ3) is 2.35. The summed E-state index contributed by atoms with van der Waals surface area (Å²) >= 11 is 0. The Morgan fingerprint density at radius 3 is 2.62 bits per heavy atom. The van der Waals surface area contributed by atoms with Gasteiger partial charge in [-0.25, -0.2) is 4.79 Å². The molecule has 0 amide bonds. The topological polar surface area (TPSA) is 26.3 Å². The van der Waals surface area contributed by atoms with Crippen molar-refractivity contribution in [2.45, 2.75) is 38.2 Å². The lowest BCUT2D eigenvalue weighted by Gasteiger charge is -2.18. The van der Waals surface area contributed by atoms with Gasteiger partial charge >= 0.3 is 5.97 Å². The Kier molecular flexibility index (Phi) is 2.89. The van der Waals surface area contributed by atoms with Gasteiger partial charge in [-0.05, 0) is 12.5 Å². The summed E-state index contributed by atoms with van der Waals surface area (Å²) in [4.78, 5) is 11.6. The zero-order valence-electron chi connectivity index (χ0n) is 10.1. The minimum atomic E-state index is -1.06. The number of esters is 1. The lowest BCUT2D eigenvalue weighted by atomic mass is 10.0. The largest absolute Gasteiger partial charge is 0.454 e. The van der Waals surface area contributed by atoms with Gasteiger partial charge in [-0.3, -0.25) is 0 Å². The third-order valence-electron chi connectivity index (χ3n) is 2.93. The van der Waals surface area contributed by atoms with E-state index in [0.717, 1.165) is 17.5 Å². The summed E-state index contributed by atoms with van der Waals surface area (Å²) in [5.41, 5.74) is 1.83. The van der Waals surface area contributed by atoms with Crippen molar-refractivity contribution in [3.8, 4) is 0 Å². The van der Waals surface area contributed by atoms with Gasteiger partial charge in [-0.1, -0.05) is 43.9 Å². The Bertz CT molecular complexity index is 407. The van der Waals surface area contributed by atoms with Crippen molar-refractivity contribution in [2.75, 3.05) is 0 Å². The zero-order valence-corrected chi connectivity index (χ0v) is 11.1. The fourth-order valence-electron chi connectivity index (χ4n) is 2.00. The first-order valence-electron chi connectivity index (χ1n) is 5.77. The predicted octanol–water partition coefficient (Wildman–Crippen LogP) is 3.63. The summed E-state index contributed by atoms with van der Waals surface area (Å²) in [5, 5.41) is 0. The van der Waals surface area contributed by atoms with Crippen LogP contribution in [0.15, 0.2) is 24.3 Å². The normalized spacial score (nSPS) is 19.4. The lowest BCUT2D eigenvalue weighted by molar-refractivity contribution is 0.0378. The fourth-order valence-corrected chi connectivity index (χ4v) is 3.13. The Labute approximate surface area is 97.6 Å². The Hall–Kier alpha value is -1.09. The van der Waals surface area contributed by atoms with E-state index >= 15 is 0 Å². The van der Waals surface area contributed by atoms with Crippen molar-refractivity contribution >= 4 is 14.0 Å². The molecule has 0 N–H and O–H groups in total. The number of ether oxygens (including phenoxy) is 1. The highest BCUT2D eigenvalue weighted by Gasteiger charge is 2.31. The molecule has 1 heterocycles. The number of carbonyl (C=O) groups is 1. The Balaban J connectivity index is 2.12. The highest BCUT2D eigenvalue weighted by atomic mass is 28.3. The van der Waals surface area contributed by atoms with Crippen LogP contribution in [-0.4, -0.2) is 14.0 Å². The first kappa shape index (κ1) is 11.4. The summed E-state index contributed by atoms with van der Waals surface area (Å²) < 4.78 is 5.41. The van der Waals surface area contributed by atoms with Gasteiger partial charge in [0, 0.05) is 13.6 Å². The number of cyclic esters (lactones) is 1. The van der Waals surface area contributed by atoms with Gasteiger partial charge in [0.1, 0.15) is 6.10 Å². The molecule has 1 aromatic carbocycles. The number of hydrogen-bond donors (Lipinski definition) is 0. The standard InChI is InChI=1S/C13H18O2Si/c1-16(2,3)9-8-12-10-6-4-5-7-11(10)13(14)15-12/h4-7,12H,8-9H2,1-3H3. The van der Waals surface area contributed by atoms with Crippen LogP contribution in [0.25, 0.3) is 0 Å². The van der Waals surface area contributed by atoms with Crippen LogP contribution in [0.3, 0.4) is 0 Å². The average Bonchev–Trinajstić information content (AvgIpc) is 2.53. The minimum absolute atomic E-state index is 0.00424. The molecule has 2 rings (SSSR count). The van der Waals surface area contributed by atoms with E-state index in [-0.39, 0.29) is 12.1 Å². The Morgan fingerprint density at radius 2 is 1.94 bits per heavy atom. The molecule has 1 atom stereocenters. The van der Waals surface area contributed by atoms with Crippen molar-refractivity contribution in [2.24, 2.45) is 0 Å². The number of carbonyl (C=O) groups excluding carboxylic acids is 1. The quantitative estimate of drug-likeness (QED) is 0.589. The second kappa shape index (κ2) is 4.05. The number of hydrogen-bond acceptors (Lipinski definition) is 2. The molecule has 16 heavy (non-hydrogen) atoms. The molecule has 3 heteroatoms. The molecule has 1 aliphatic rings. The molecule has 2 nitrogen and oxygen atoms in total. The van der Waals surface area contributed by atoms with Crippen molar-refractivity contribution in [3.05, 3.63) is 35.4 Å². The SMILES string of the molecule is C[Si](C)(C)CCC1OC(=O)c2ccccc21. The smallest absolute Gasteiger partial charge is 0.339 e. The molecule has 0 bridgehead atoms. The molecule has 1 unspecified atom stereocenters. The molecular weight excluding hydrogens is 216 g/mol. The van der Waals surface area contributed by atoms with Crippen molar-refractivity contribution in [1.29, 1.82) is 0 Å². The van der Waals surface area contributed by atoms with Crippen molar-refractivity contribution < 1.29 is 9.53 Å². The maximum atomic E-state index is 11.6. The first-order chi connectivity index (χ1) is 7.47. The van der Waals surface area contributed by atoms with Gasteiger partial charge in [-0.2, -0.15) is 0 Å². The molecule has 0 saturated heterocycles. The third-order valence-corrected chi connectivity index (χ3v) is 4.72. The van der Waals surface area contributed by atoms with E-state index in [1.165, 1.54) is 6.04 Å². The van der Waals surface area contributed by atoms with Crippen LogP contribution < -0.4 is 0 Å². The van der Waals surface area contributed by atoms with E-state index in [0.29, 0.717) is 0 Å². The summed E-state index contributed by atoms with van der Waals surface area (Å²) in [5.74, 6) is -0.156. The van der Waals surface area contributed by atoms with E-state index in [4.69, 9.17) is 4.74 Å². The average molecular weight is 234 g/mol. The van der Waals surface area contributed by atoms with Gasteiger partial charge in [-0.15, -0.1) is 0 Å². The van der Waals surface area contributed by atoms with E-state index < -0.39 is 8.07 Å². The summed E-state index contributed by atoms with van der Waals surface area (Å²) in [6.07, 6.45) is 0.966. The van der Waals surface area contributed by atoms with Crippen LogP contribution >= 0.6 is 0 Å². The molecule has 0 fully saturated rings.